The molecular formula is C26H31F3N2O5S2. The number of nitrogens with one attached hydrogen (secondary N) is 1. The van der Waals surface area contributed by atoms with Gasteiger partial charge in [-0.25, -0.2) is 21.6 Å². The molecule has 0 radical (unpaired) electrons. The molecule has 3 rings (SSSR count). The molecule has 1 saturated carbocycles. The maximum absolute atomic E-state index is 13.6. The van der Waals surface area contributed by atoms with E-state index in [1.165, 1.54) is 29.2 Å². The van der Waals surface area contributed by atoms with Gasteiger partial charge in [-0.2, -0.15) is 13.2 Å². The number of hydrogen-bond acceptors (Lipinski definition) is 5. The SMILES string of the molecule is CN(CCNS(=O)(=O)CC=Cc1cc(S(=O)(=O)c2ccccc2)ccc1C(F)(F)F)C(=O)C1CCCCC1. The summed E-state index contributed by atoms with van der Waals surface area (Å²) in [4.78, 5) is 13.6. The lowest BCUT2D eigenvalue weighted by molar-refractivity contribution is -0.138. The quantitative estimate of drug-likeness (QED) is 0.452. The van der Waals surface area contributed by atoms with Crippen LogP contribution in [0.4, 0.5) is 13.2 Å². The molecule has 2 aromatic rings. The Hall–Kier alpha value is -2.70. The summed E-state index contributed by atoms with van der Waals surface area (Å²) in [6.45, 7) is 0.125. The normalized spacial score (nSPS) is 15.6. The van der Waals surface area contributed by atoms with E-state index in [9.17, 15) is 34.8 Å². The maximum atomic E-state index is 13.6. The molecule has 12 heteroatoms. The fraction of sp³-hybridized carbons (Fsp3) is 0.423. The summed E-state index contributed by atoms with van der Waals surface area (Å²) < 4.78 is 93.5. The number of carbonyl (C=O) groups excluding carboxylic acids is 1. The van der Waals surface area contributed by atoms with E-state index >= 15 is 0 Å². The molecule has 0 aliphatic heterocycles. The summed E-state index contributed by atoms with van der Waals surface area (Å²) in [7, 11) is -6.37. The van der Waals surface area contributed by atoms with Crippen molar-refractivity contribution in [3.63, 3.8) is 0 Å². The van der Waals surface area contributed by atoms with E-state index < -0.39 is 42.9 Å². The van der Waals surface area contributed by atoms with Crippen LogP contribution in [0.1, 0.15) is 43.2 Å². The monoisotopic (exact) mass is 572 g/mol. The minimum atomic E-state index is -4.78. The molecule has 38 heavy (non-hydrogen) atoms. The predicted octanol–water partition coefficient (Wildman–Crippen LogP) is 4.51. The molecule has 2 aromatic carbocycles. The number of hydrogen-bond donors (Lipinski definition) is 1. The topological polar surface area (TPSA) is 101 Å². The summed E-state index contributed by atoms with van der Waals surface area (Å²) >= 11 is 0. The number of carbonyl (C=O) groups is 1. The van der Waals surface area contributed by atoms with Crippen molar-refractivity contribution in [1.82, 2.24) is 9.62 Å². The number of nitrogens with zero attached hydrogens (tertiary/aromatic N) is 1. The Morgan fingerprint density at radius 1 is 1.00 bits per heavy atom. The maximum Gasteiger partial charge on any atom is 0.416 e. The van der Waals surface area contributed by atoms with E-state index in [-0.39, 0.29) is 34.7 Å². The number of likely N-dealkylation sites (N-methyl/N-ethyl adjacent to an activating group) is 1. The lowest BCUT2D eigenvalue weighted by Gasteiger charge is -2.26. The first-order valence-corrected chi connectivity index (χ1v) is 15.3. The van der Waals surface area contributed by atoms with Gasteiger partial charge in [0.05, 0.1) is 21.1 Å². The van der Waals surface area contributed by atoms with Crippen LogP contribution in [0.15, 0.2) is 64.4 Å². The summed E-state index contributed by atoms with van der Waals surface area (Å²) in [5, 5.41) is 0. The first-order chi connectivity index (χ1) is 17.8. The molecule has 0 atom stereocenters. The van der Waals surface area contributed by atoms with Crippen molar-refractivity contribution in [2.24, 2.45) is 5.92 Å². The van der Waals surface area contributed by atoms with E-state index in [0.29, 0.717) is 6.07 Å². The van der Waals surface area contributed by atoms with Gasteiger partial charge in [-0.1, -0.05) is 49.6 Å². The minimum Gasteiger partial charge on any atom is -0.344 e. The van der Waals surface area contributed by atoms with Gasteiger partial charge in [0.25, 0.3) is 0 Å². The number of alkyl halides is 3. The number of rotatable bonds is 10. The molecule has 1 amide bonds. The van der Waals surface area contributed by atoms with E-state index in [1.54, 1.807) is 13.1 Å². The molecule has 208 valence electrons. The number of halogens is 3. The van der Waals surface area contributed by atoms with Crippen molar-refractivity contribution in [2.45, 2.75) is 48.1 Å². The summed E-state index contributed by atoms with van der Waals surface area (Å²) in [6.07, 6.45) is 1.97. The van der Waals surface area contributed by atoms with Crippen LogP contribution in [0, 0.1) is 5.92 Å². The zero-order chi connectivity index (χ0) is 28.0. The van der Waals surface area contributed by atoms with E-state index in [4.69, 9.17) is 0 Å². The molecule has 0 bridgehead atoms. The first kappa shape index (κ1) is 29.9. The van der Waals surface area contributed by atoms with Crippen molar-refractivity contribution in [3.05, 3.63) is 65.7 Å². The summed E-state index contributed by atoms with van der Waals surface area (Å²) in [5.41, 5.74) is -1.56. The van der Waals surface area contributed by atoms with Crippen LogP contribution in [0.2, 0.25) is 0 Å². The molecule has 0 unspecified atom stereocenters. The molecule has 7 nitrogen and oxygen atoms in total. The van der Waals surface area contributed by atoms with Crippen LogP contribution < -0.4 is 4.72 Å². The Bertz CT molecular complexity index is 1350. The highest BCUT2D eigenvalue weighted by Crippen LogP contribution is 2.35. The largest absolute Gasteiger partial charge is 0.416 e. The van der Waals surface area contributed by atoms with Gasteiger partial charge in [0, 0.05) is 26.1 Å². The van der Waals surface area contributed by atoms with Crippen molar-refractivity contribution in [1.29, 1.82) is 0 Å². The highest BCUT2D eigenvalue weighted by atomic mass is 32.2. The van der Waals surface area contributed by atoms with E-state index in [1.807, 2.05) is 0 Å². The fourth-order valence-corrected chi connectivity index (χ4v) is 6.53. The third-order valence-corrected chi connectivity index (χ3v) is 9.45. The number of benzene rings is 2. The Morgan fingerprint density at radius 3 is 2.29 bits per heavy atom. The van der Waals surface area contributed by atoms with Crippen LogP contribution >= 0.6 is 0 Å². The Morgan fingerprint density at radius 2 is 1.66 bits per heavy atom. The molecule has 1 aliphatic carbocycles. The van der Waals surface area contributed by atoms with Crippen molar-refractivity contribution >= 4 is 31.8 Å². The second-order valence-electron chi connectivity index (χ2n) is 9.24. The van der Waals surface area contributed by atoms with Crippen molar-refractivity contribution in [3.8, 4) is 0 Å². The first-order valence-electron chi connectivity index (χ1n) is 12.2. The van der Waals surface area contributed by atoms with Crippen LogP contribution in [-0.2, 0) is 30.8 Å². The van der Waals surface area contributed by atoms with E-state index in [0.717, 1.165) is 56.4 Å². The van der Waals surface area contributed by atoms with Crippen LogP contribution in [-0.4, -0.2) is 53.5 Å². The number of amides is 1. The summed E-state index contributed by atoms with van der Waals surface area (Å²) in [5.74, 6) is -0.688. The lowest BCUT2D eigenvalue weighted by Crippen LogP contribution is -2.39. The van der Waals surface area contributed by atoms with Gasteiger partial charge in [-0.3, -0.25) is 4.79 Å². The molecule has 0 saturated heterocycles. The third-order valence-electron chi connectivity index (χ3n) is 6.41. The zero-order valence-corrected chi connectivity index (χ0v) is 22.6. The van der Waals surface area contributed by atoms with Crippen LogP contribution in [0.3, 0.4) is 0 Å². The molecule has 1 aliphatic rings. The average Bonchev–Trinajstić information content (AvgIpc) is 2.88. The standard InChI is InChI=1S/C26H31F3N2O5S2/c1-31(25(32)20-9-4-2-5-10-20)17-16-30-37(33,34)18-8-11-21-19-23(14-15-24(21)26(27,28)29)38(35,36)22-12-6-3-7-13-22/h3,6-8,11-15,19-20,30H,2,4-5,9-10,16-18H2,1H3. The van der Waals surface area contributed by atoms with Gasteiger partial charge in [0.1, 0.15) is 0 Å². The highest BCUT2D eigenvalue weighted by molar-refractivity contribution is 7.91. The van der Waals surface area contributed by atoms with Crippen molar-refractivity contribution < 1.29 is 34.8 Å². The molecule has 0 spiro atoms. The minimum absolute atomic E-state index is 0.0196. The molecule has 1 N–H and O–H groups in total. The molecule has 1 fully saturated rings. The van der Waals surface area contributed by atoms with Crippen molar-refractivity contribution in [2.75, 3.05) is 25.9 Å². The number of sulfone groups is 1. The third kappa shape index (κ3) is 7.90. The van der Waals surface area contributed by atoms with Gasteiger partial charge in [-0.05, 0) is 48.7 Å². The lowest BCUT2D eigenvalue weighted by atomic mass is 9.88. The summed E-state index contributed by atoms with van der Waals surface area (Å²) in [6, 6.07) is 9.71. The average molecular weight is 573 g/mol. The predicted molar refractivity (Wildman–Crippen MR) is 138 cm³/mol. The van der Waals surface area contributed by atoms with Gasteiger partial charge in [0.2, 0.25) is 25.8 Å². The van der Waals surface area contributed by atoms with Crippen LogP contribution in [0.25, 0.3) is 6.08 Å². The van der Waals surface area contributed by atoms with Gasteiger partial charge < -0.3 is 4.90 Å². The smallest absolute Gasteiger partial charge is 0.344 e. The molecule has 0 heterocycles. The second kappa shape index (κ2) is 12.4. The Kier molecular flexibility index (Phi) is 9.77. The van der Waals surface area contributed by atoms with E-state index in [2.05, 4.69) is 4.72 Å². The van der Waals surface area contributed by atoms with Gasteiger partial charge in [0.15, 0.2) is 0 Å². The Labute approximate surface area is 221 Å². The Balaban J connectivity index is 1.68. The molecule has 0 aromatic heterocycles. The fourth-order valence-electron chi connectivity index (χ4n) is 4.34. The number of sulfonamides is 1. The van der Waals surface area contributed by atoms with Gasteiger partial charge >= 0.3 is 6.18 Å². The zero-order valence-electron chi connectivity index (χ0n) is 20.9. The van der Waals surface area contributed by atoms with Gasteiger partial charge in [-0.15, -0.1) is 0 Å². The second-order valence-corrected chi connectivity index (χ2v) is 13.0. The van der Waals surface area contributed by atoms with Crippen LogP contribution in [0.5, 0.6) is 0 Å². The molecular weight excluding hydrogens is 541 g/mol. The highest BCUT2D eigenvalue weighted by Gasteiger charge is 2.33.